The van der Waals surface area contributed by atoms with Crippen LogP contribution < -0.4 is 5.32 Å². The molecule has 1 N–H and O–H groups in total. The molecule has 0 saturated heterocycles. The van der Waals surface area contributed by atoms with Gasteiger partial charge in [-0.3, -0.25) is 10.1 Å². The molecule has 0 unspecified atom stereocenters. The molecule has 3 aromatic heterocycles. The molecule has 0 spiro atoms. The molecule has 0 aliphatic heterocycles. The number of aromatic nitrogens is 5. The molecule has 3 heterocycles. The van der Waals surface area contributed by atoms with Crippen LogP contribution in [0.15, 0.2) is 30.7 Å². The molecule has 0 bridgehead atoms. The van der Waals surface area contributed by atoms with E-state index in [0.717, 1.165) is 33.9 Å². The van der Waals surface area contributed by atoms with Crippen molar-refractivity contribution in [2.75, 3.05) is 11.9 Å². The standard InChI is InChI=1S/C22H20ClN7O4/c1-5-34-22(31)15-9-26-29(21(15)28-20-18(30(32)33)19(23)24-10-25-20)16-8-12(3)14-7-11(2)6-13(4)17(14)27-16/h6-10H,5H2,1-4H3,(H,24,25,28). The molecule has 0 fully saturated rings. The van der Waals surface area contributed by atoms with Crippen LogP contribution in [0.3, 0.4) is 0 Å². The molecule has 4 rings (SSSR count). The maximum absolute atomic E-state index is 12.6. The lowest BCUT2D eigenvalue weighted by molar-refractivity contribution is -0.384. The van der Waals surface area contributed by atoms with E-state index < -0.39 is 16.6 Å². The van der Waals surface area contributed by atoms with Crippen molar-refractivity contribution < 1.29 is 14.5 Å². The number of carbonyl (C=O) groups is 1. The van der Waals surface area contributed by atoms with Crippen LogP contribution >= 0.6 is 11.6 Å². The van der Waals surface area contributed by atoms with Gasteiger partial charge >= 0.3 is 11.7 Å². The fourth-order valence-electron chi connectivity index (χ4n) is 3.66. The molecule has 0 amide bonds. The number of benzene rings is 1. The van der Waals surface area contributed by atoms with E-state index in [1.165, 1.54) is 10.9 Å². The third kappa shape index (κ3) is 4.13. The monoisotopic (exact) mass is 481 g/mol. The molecule has 4 aromatic rings. The number of carbonyl (C=O) groups excluding carboxylic acids is 1. The van der Waals surface area contributed by atoms with Gasteiger partial charge in [0.05, 0.1) is 23.2 Å². The van der Waals surface area contributed by atoms with E-state index >= 15 is 0 Å². The number of aryl methyl sites for hydroxylation is 3. The highest BCUT2D eigenvalue weighted by Crippen LogP contribution is 2.33. The maximum Gasteiger partial charge on any atom is 0.348 e. The van der Waals surface area contributed by atoms with Crippen molar-refractivity contribution in [3.05, 3.63) is 68.2 Å². The molecular formula is C22H20ClN7O4. The average molecular weight is 482 g/mol. The summed E-state index contributed by atoms with van der Waals surface area (Å²) in [7, 11) is 0. The van der Waals surface area contributed by atoms with Gasteiger partial charge < -0.3 is 10.1 Å². The van der Waals surface area contributed by atoms with Gasteiger partial charge in [-0.15, -0.1) is 0 Å². The third-order valence-electron chi connectivity index (χ3n) is 5.12. The smallest absolute Gasteiger partial charge is 0.348 e. The van der Waals surface area contributed by atoms with Gasteiger partial charge in [-0.2, -0.15) is 9.78 Å². The number of esters is 1. The molecule has 11 nitrogen and oxygen atoms in total. The number of ether oxygens (including phenoxy) is 1. The minimum absolute atomic E-state index is 0.0473. The number of nitrogens with one attached hydrogen (secondary N) is 1. The summed E-state index contributed by atoms with van der Waals surface area (Å²) in [6.45, 7) is 7.73. The Labute approximate surface area is 198 Å². The molecule has 34 heavy (non-hydrogen) atoms. The number of hydrogen-bond acceptors (Lipinski definition) is 9. The Morgan fingerprint density at radius 1 is 1.21 bits per heavy atom. The second-order valence-corrected chi connectivity index (χ2v) is 7.92. The molecule has 1 aromatic carbocycles. The lowest BCUT2D eigenvalue weighted by Crippen LogP contribution is -2.12. The summed E-state index contributed by atoms with van der Waals surface area (Å²) in [4.78, 5) is 35.9. The number of halogens is 1. The van der Waals surface area contributed by atoms with Crippen LogP contribution in [0.25, 0.3) is 16.7 Å². The van der Waals surface area contributed by atoms with Gasteiger partial charge in [0.15, 0.2) is 11.6 Å². The number of hydrogen-bond donors (Lipinski definition) is 1. The van der Waals surface area contributed by atoms with Crippen LogP contribution in [-0.4, -0.2) is 42.2 Å². The maximum atomic E-state index is 12.6. The first-order chi connectivity index (χ1) is 16.2. The Morgan fingerprint density at radius 2 is 1.97 bits per heavy atom. The van der Waals surface area contributed by atoms with Crippen LogP contribution in [0.2, 0.25) is 5.15 Å². The largest absolute Gasteiger partial charge is 0.462 e. The number of fused-ring (bicyclic) bond motifs is 1. The van der Waals surface area contributed by atoms with E-state index in [0.29, 0.717) is 5.82 Å². The van der Waals surface area contributed by atoms with Gasteiger partial charge in [-0.1, -0.05) is 23.2 Å². The summed E-state index contributed by atoms with van der Waals surface area (Å²) < 4.78 is 6.51. The molecule has 0 radical (unpaired) electrons. The predicted octanol–water partition coefficient (Wildman–Crippen LogP) is 4.62. The SMILES string of the molecule is CCOC(=O)c1cnn(-c2cc(C)c3cc(C)cc(C)c3n2)c1Nc1ncnc(Cl)c1[N+](=O)[O-]. The van der Waals surface area contributed by atoms with Crippen LogP contribution in [-0.2, 0) is 4.74 Å². The minimum atomic E-state index is -0.709. The van der Waals surface area contributed by atoms with Gasteiger partial charge in [0.25, 0.3) is 0 Å². The van der Waals surface area contributed by atoms with Crippen molar-refractivity contribution in [3.63, 3.8) is 0 Å². The van der Waals surface area contributed by atoms with Gasteiger partial charge in [-0.05, 0) is 51.0 Å². The van der Waals surface area contributed by atoms with Gasteiger partial charge in [0.1, 0.15) is 11.9 Å². The number of nitro groups is 1. The van der Waals surface area contributed by atoms with Crippen LogP contribution in [0.1, 0.15) is 34.0 Å². The van der Waals surface area contributed by atoms with E-state index in [2.05, 4.69) is 20.4 Å². The summed E-state index contributed by atoms with van der Waals surface area (Å²) in [5.74, 6) is -0.380. The highest BCUT2D eigenvalue weighted by atomic mass is 35.5. The molecule has 0 atom stereocenters. The highest BCUT2D eigenvalue weighted by Gasteiger charge is 2.27. The Bertz CT molecular complexity index is 1450. The summed E-state index contributed by atoms with van der Waals surface area (Å²) in [6.07, 6.45) is 2.38. The first kappa shape index (κ1) is 23.1. The molecule has 174 valence electrons. The third-order valence-corrected chi connectivity index (χ3v) is 5.40. The van der Waals surface area contributed by atoms with E-state index in [9.17, 15) is 14.9 Å². The Hall–Kier alpha value is -4.12. The van der Waals surface area contributed by atoms with Gasteiger partial charge in [-0.25, -0.2) is 19.7 Å². The van der Waals surface area contributed by atoms with Crippen molar-refractivity contribution in [1.29, 1.82) is 0 Å². The number of pyridine rings is 1. The number of nitrogens with zero attached hydrogens (tertiary/aromatic N) is 6. The Balaban J connectivity index is 1.93. The lowest BCUT2D eigenvalue weighted by atomic mass is 10.0. The van der Waals surface area contributed by atoms with Crippen molar-refractivity contribution in [2.45, 2.75) is 27.7 Å². The Kier molecular flexibility index (Phi) is 6.12. The van der Waals surface area contributed by atoms with Crippen LogP contribution in [0, 0.1) is 30.9 Å². The van der Waals surface area contributed by atoms with E-state index in [-0.39, 0.29) is 29.0 Å². The predicted molar refractivity (Wildman–Crippen MR) is 126 cm³/mol. The van der Waals surface area contributed by atoms with E-state index in [1.807, 2.05) is 39.0 Å². The summed E-state index contributed by atoms with van der Waals surface area (Å²) in [5.41, 5.74) is 3.32. The van der Waals surface area contributed by atoms with Crippen LogP contribution in [0.4, 0.5) is 17.3 Å². The fourth-order valence-corrected chi connectivity index (χ4v) is 3.86. The zero-order valence-electron chi connectivity index (χ0n) is 18.8. The van der Waals surface area contributed by atoms with Crippen LogP contribution in [0.5, 0.6) is 0 Å². The fraction of sp³-hybridized carbons (Fsp3) is 0.227. The van der Waals surface area contributed by atoms with Crippen molar-refractivity contribution in [1.82, 2.24) is 24.7 Å². The lowest BCUT2D eigenvalue weighted by Gasteiger charge is -2.14. The quantitative estimate of drug-likeness (QED) is 0.181. The summed E-state index contributed by atoms with van der Waals surface area (Å²) >= 11 is 5.93. The number of rotatable bonds is 6. The highest BCUT2D eigenvalue weighted by molar-refractivity contribution is 6.31. The zero-order chi connectivity index (χ0) is 24.6. The van der Waals surface area contributed by atoms with Crippen molar-refractivity contribution >= 4 is 45.8 Å². The van der Waals surface area contributed by atoms with Gasteiger partial charge in [0, 0.05) is 5.39 Å². The molecule has 0 aliphatic carbocycles. The molecular weight excluding hydrogens is 462 g/mol. The summed E-state index contributed by atoms with van der Waals surface area (Å²) in [5, 5.41) is 19.4. The molecule has 0 saturated carbocycles. The Morgan fingerprint density at radius 3 is 2.68 bits per heavy atom. The molecule has 0 aliphatic rings. The van der Waals surface area contributed by atoms with E-state index in [1.54, 1.807) is 6.92 Å². The van der Waals surface area contributed by atoms with Crippen molar-refractivity contribution in [3.8, 4) is 5.82 Å². The first-order valence-electron chi connectivity index (χ1n) is 10.3. The number of anilines is 2. The summed E-state index contributed by atoms with van der Waals surface area (Å²) in [6, 6.07) is 5.89. The minimum Gasteiger partial charge on any atom is -0.462 e. The topological polar surface area (TPSA) is 138 Å². The average Bonchev–Trinajstić information content (AvgIpc) is 3.18. The van der Waals surface area contributed by atoms with E-state index in [4.69, 9.17) is 21.3 Å². The first-order valence-corrected chi connectivity index (χ1v) is 10.6. The zero-order valence-corrected chi connectivity index (χ0v) is 19.5. The second kappa shape index (κ2) is 9.02. The van der Waals surface area contributed by atoms with Gasteiger partial charge in [0.2, 0.25) is 11.0 Å². The normalized spacial score (nSPS) is 11.0. The molecule has 12 heteroatoms. The van der Waals surface area contributed by atoms with Crippen molar-refractivity contribution in [2.24, 2.45) is 0 Å². The second-order valence-electron chi connectivity index (χ2n) is 7.56.